The molecule has 0 bridgehead atoms. The molecule has 3 aliphatic rings. The minimum atomic E-state index is -0.939. The molecule has 0 saturated carbocycles. The van der Waals surface area contributed by atoms with Gasteiger partial charge in [0.1, 0.15) is 12.5 Å². The SMILES string of the molecule is COc1cc2c(cc1OCCCCCOc1cc3c(cc1O)C(=O)N1C=C(C)C[C@H]1[C@H](O)N3)N[C@@H](O)[C@H](C/C(C)=C\N)C2. The van der Waals surface area contributed by atoms with E-state index in [0.29, 0.717) is 49.7 Å². The maximum Gasteiger partial charge on any atom is 0.260 e. The second-order valence-electron chi connectivity index (χ2n) is 11.6. The van der Waals surface area contributed by atoms with Crippen LogP contribution in [0.1, 0.15) is 61.9 Å². The molecule has 232 valence electrons. The average molecular weight is 595 g/mol. The van der Waals surface area contributed by atoms with Crippen molar-refractivity contribution < 1.29 is 34.3 Å². The van der Waals surface area contributed by atoms with E-state index < -0.39 is 18.5 Å². The topological polar surface area (TPSA) is 159 Å². The zero-order valence-corrected chi connectivity index (χ0v) is 24.9. The number of ether oxygens (including phenoxy) is 3. The molecule has 43 heavy (non-hydrogen) atoms. The predicted molar refractivity (Wildman–Crippen MR) is 163 cm³/mol. The van der Waals surface area contributed by atoms with Gasteiger partial charge in [0.25, 0.3) is 5.91 Å². The molecule has 0 unspecified atom stereocenters. The summed E-state index contributed by atoms with van der Waals surface area (Å²) in [6.45, 7) is 4.71. The van der Waals surface area contributed by atoms with Gasteiger partial charge in [-0.25, -0.2) is 0 Å². The van der Waals surface area contributed by atoms with Crippen LogP contribution in [0.15, 0.2) is 47.8 Å². The fourth-order valence-electron chi connectivity index (χ4n) is 5.92. The van der Waals surface area contributed by atoms with E-state index >= 15 is 0 Å². The molecule has 7 N–H and O–H groups in total. The summed E-state index contributed by atoms with van der Waals surface area (Å²) in [6.07, 6.45) is 6.03. The number of phenols is 1. The Morgan fingerprint density at radius 2 is 1.70 bits per heavy atom. The number of rotatable bonds is 11. The molecule has 1 amide bonds. The zero-order valence-electron chi connectivity index (χ0n) is 24.9. The first-order valence-electron chi connectivity index (χ1n) is 14.8. The minimum absolute atomic E-state index is 0.0171. The molecule has 0 saturated heterocycles. The van der Waals surface area contributed by atoms with Crippen molar-refractivity contribution in [3.05, 3.63) is 58.9 Å². The van der Waals surface area contributed by atoms with Gasteiger partial charge >= 0.3 is 0 Å². The number of fused-ring (bicyclic) bond motifs is 3. The summed E-state index contributed by atoms with van der Waals surface area (Å²) in [5, 5.41) is 38.0. The number of unbranched alkanes of at least 4 members (excludes halogenated alkanes) is 2. The number of hydrogen-bond donors (Lipinski definition) is 6. The third kappa shape index (κ3) is 6.62. The number of hydrogen-bond acceptors (Lipinski definition) is 10. The van der Waals surface area contributed by atoms with Gasteiger partial charge in [-0.2, -0.15) is 0 Å². The van der Waals surface area contributed by atoms with Crippen LogP contribution in [0, 0.1) is 5.92 Å². The number of aliphatic hydroxyl groups is 2. The van der Waals surface area contributed by atoms with Gasteiger partial charge in [-0.05, 0) is 76.3 Å². The van der Waals surface area contributed by atoms with Crippen LogP contribution in [0.4, 0.5) is 11.4 Å². The quantitative estimate of drug-likeness (QED) is 0.166. The summed E-state index contributed by atoms with van der Waals surface area (Å²) in [7, 11) is 1.61. The fourth-order valence-corrected chi connectivity index (χ4v) is 5.92. The van der Waals surface area contributed by atoms with Crippen LogP contribution in [0.2, 0.25) is 0 Å². The van der Waals surface area contributed by atoms with E-state index in [2.05, 4.69) is 10.6 Å². The van der Waals surface area contributed by atoms with Crippen LogP contribution in [0.5, 0.6) is 23.0 Å². The van der Waals surface area contributed by atoms with Gasteiger partial charge in [-0.15, -0.1) is 0 Å². The Morgan fingerprint density at radius 3 is 2.42 bits per heavy atom. The Balaban J connectivity index is 1.10. The van der Waals surface area contributed by atoms with E-state index in [-0.39, 0.29) is 28.9 Å². The van der Waals surface area contributed by atoms with Crippen LogP contribution in [-0.4, -0.2) is 64.9 Å². The molecule has 11 heteroatoms. The summed E-state index contributed by atoms with van der Waals surface area (Å²) < 4.78 is 17.4. The molecule has 0 fully saturated rings. The number of nitrogens with two attached hydrogens (primary N) is 1. The van der Waals surface area contributed by atoms with E-state index in [1.54, 1.807) is 25.6 Å². The molecule has 3 aliphatic heterocycles. The van der Waals surface area contributed by atoms with E-state index in [4.69, 9.17) is 19.9 Å². The van der Waals surface area contributed by atoms with E-state index in [1.807, 2.05) is 26.0 Å². The molecule has 2 aromatic rings. The predicted octanol–water partition coefficient (Wildman–Crippen LogP) is 4.05. The highest BCUT2D eigenvalue weighted by molar-refractivity contribution is 6.02. The lowest BCUT2D eigenvalue weighted by molar-refractivity contribution is 0.0643. The highest BCUT2D eigenvalue weighted by Crippen LogP contribution is 2.40. The van der Waals surface area contributed by atoms with Crippen molar-refractivity contribution in [1.82, 2.24) is 4.90 Å². The summed E-state index contributed by atoms with van der Waals surface area (Å²) in [4.78, 5) is 14.6. The number of phenolic OH excluding ortho intramolecular Hbond substituents is 1. The van der Waals surface area contributed by atoms with Crippen LogP contribution < -0.4 is 30.6 Å². The van der Waals surface area contributed by atoms with Gasteiger partial charge in [-0.1, -0.05) is 11.1 Å². The highest BCUT2D eigenvalue weighted by atomic mass is 16.5. The lowest BCUT2D eigenvalue weighted by Crippen LogP contribution is -2.42. The molecule has 0 aliphatic carbocycles. The lowest BCUT2D eigenvalue weighted by Gasteiger charge is -2.32. The van der Waals surface area contributed by atoms with E-state index in [0.717, 1.165) is 41.7 Å². The molecule has 2 aromatic carbocycles. The number of nitrogens with one attached hydrogen (secondary N) is 2. The Bertz CT molecular complexity index is 1410. The Hall–Kier alpha value is -4.09. The molecular formula is C32H42N4O7. The standard InChI is InChI=1S/C32H42N4O7/c1-18(16-33)9-21-11-20-12-28(41-3)29(14-23(20)34-30(21)38)43-8-6-4-5-7-42-27-15-24-22(13-26(27)37)32(40)36-17-19(2)10-25(36)31(39)35-24/h12-17,21,25,30-31,34-35,37-39H,4-11,33H2,1-3H3/b18-16-/t21-,25+,30+,31+/m1/s1. The van der Waals surface area contributed by atoms with Crippen LogP contribution in [0.25, 0.3) is 0 Å². The van der Waals surface area contributed by atoms with Crippen molar-refractivity contribution >= 4 is 17.3 Å². The first-order valence-corrected chi connectivity index (χ1v) is 14.8. The molecule has 0 spiro atoms. The molecule has 5 rings (SSSR count). The van der Waals surface area contributed by atoms with Crippen molar-refractivity contribution in [1.29, 1.82) is 0 Å². The number of amides is 1. The lowest BCUT2D eigenvalue weighted by atomic mass is 9.87. The van der Waals surface area contributed by atoms with Crippen molar-refractivity contribution in [3.63, 3.8) is 0 Å². The number of aliphatic hydroxyl groups excluding tert-OH is 2. The Morgan fingerprint density at radius 1 is 1.00 bits per heavy atom. The molecule has 0 aromatic heterocycles. The molecule has 11 nitrogen and oxygen atoms in total. The van der Waals surface area contributed by atoms with E-state index in [1.165, 1.54) is 11.0 Å². The maximum atomic E-state index is 13.1. The van der Waals surface area contributed by atoms with Gasteiger partial charge in [0, 0.05) is 29.9 Å². The number of methoxy groups -OCH3 is 1. The second kappa shape index (κ2) is 13.0. The largest absolute Gasteiger partial charge is 0.504 e. The van der Waals surface area contributed by atoms with Crippen LogP contribution in [0.3, 0.4) is 0 Å². The third-order valence-corrected chi connectivity index (χ3v) is 8.27. The van der Waals surface area contributed by atoms with Gasteiger partial charge in [-0.3, -0.25) is 4.79 Å². The molecular weight excluding hydrogens is 552 g/mol. The Labute approximate surface area is 251 Å². The molecule has 4 atom stereocenters. The second-order valence-corrected chi connectivity index (χ2v) is 11.6. The summed E-state index contributed by atoms with van der Waals surface area (Å²) in [5.41, 5.74) is 10.3. The van der Waals surface area contributed by atoms with Crippen molar-refractivity contribution in [3.8, 4) is 23.0 Å². The number of nitrogens with zero attached hydrogens (tertiary/aromatic N) is 1. The third-order valence-electron chi connectivity index (χ3n) is 8.27. The van der Waals surface area contributed by atoms with Gasteiger partial charge < -0.3 is 50.8 Å². The molecule has 3 heterocycles. The van der Waals surface area contributed by atoms with Gasteiger partial charge in [0.15, 0.2) is 23.0 Å². The number of aromatic hydroxyl groups is 1. The Kier molecular flexibility index (Phi) is 9.22. The maximum absolute atomic E-state index is 13.1. The number of carbonyl (C=O) groups excluding carboxylic acids is 1. The smallest absolute Gasteiger partial charge is 0.260 e. The summed E-state index contributed by atoms with van der Waals surface area (Å²) in [6, 6.07) is 6.41. The fraction of sp³-hybridized carbons (Fsp3) is 0.469. The van der Waals surface area contributed by atoms with Crippen molar-refractivity contribution in [2.45, 2.75) is 70.9 Å². The van der Waals surface area contributed by atoms with E-state index in [9.17, 15) is 20.1 Å². The van der Waals surface area contributed by atoms with Crippen molar-refractivity contribution in [2.75, 3.05) is 31.0 Å². The number of benzene rings is 2. The average Bonchev–Trinajstić information content (AvgIpc) is 3.35. The van der Waals surface area contributed by atoms with Gasteiger partial charge in [0.2, 0.25) is 0 Å². The van der Waals surface area contributed by atoms with Crippen LogP contribution in [-0.2, 0) is 6.42 Å². The first kappa shape index (κ1) is 30.4. The minimum Gasteiger partial charge on any atom is -0.504 e. The number of carbonyl (C=O) groups is 1. The monoisotopic (exact) mass is 594 g/mol. The number of allylic oxidation sites excluding steroid dienone is 1. The summed E-state index contributed by atoms with van der Waals surface area (Å²) >= 11 is 0. The summed E-state index contributed by atoms with van der Waals surface area (Å²) in [5.74, 6) is 1.13. The van der Waals surface area contributed by atoms with Gasteiger partial charge in [0.05, 0.1) is 37.6 Å². The highest BCUT2D eigenvalue weighted by Gasteiger charge is 2.38. The number of anilines is 2. The first-order chi connectivity index (χ1) is 20.7. The van der Waals surface area contributed by atoms with Crippen LogP contribution >= 0.6 is 0 Å². The zero-order chi connectivity index (χ0) is 30.7. The molecule has 0 radical (unpaired) electrons. The normalized spacial score (nSPS) is 22.8. The van der Waals surface area contributed by atoms with Crippen molar-refractivity contribution in [2.24, 2.45) is 11.7 Å².